The first-order valence-corrected chi connectivity index (χ1v) is 6.93. The number of amides is 1. The number of benzene rings is 1. The van der Waals surface area contributed by atoms with Crippen LogP contribution >= 0.6 is 15.9 Å². The Morgan fingerprint density at radius 1 is 1.37 bits per heavy atom. The van der Waals surface area contributed by atoms with E-state index in [1.54, 1.807) is 6.92 Å². The highest BCUT2D eigenvalue weighted by atomic mass is 79.9. The first-order valence-electron chi connectivity index (χ1n) is 6.14. The van der Waals surface area contributed by atoms with E-state index >= 15 is 0 Å². The summed E-state index contributed by atoms with van der Waals surface area (Å²) in [6.45, 7) is 4.24. The summed E-state index contributed by atoms with van der Waals surface area (Å²) in [5.41, 5.74) is 0.0893. The van der Waals surface area contributed by atoms with Gasteiger partial charge in [-0.05, 0) is 35.3 Å². The number of carbonyl (C=O) groups excluding carboxylic acids is 1. The Morgan fingerprint density at radius 2 is 2.05 bits per heavy atom. The Morgan fingerprint density at radius 3 is 2.68 bits per heavy atom. The van der Waals surface area contributed by atoms with Gasteiger partial charge in [0.05, 0.1) is 10.2 Å². The molecule has 0 saturated heterocycles. The third kappa shape index (κ3) is 4.78. The number of anilines is 1. The van der Waals surface area contributed by atoms with E-state index in [1.807, 2.05) is 6.92 Å². The molecule has 0 spiro atoms. The van der Waals surface area contributed by atoms with E-state index < -0.39 is 17.7 Å². The summed E-state index contributed by atoms with van der Waals surface area (Å²) >= 11 is 2.98. The van der Waals surface area contributed by atoms with E-state index in [2.05, 4.69) is 26.6 Å². The van der Waals surface area contributed by atoms with Crippen molar-refractivity contribution in [3.63, 3.8) is 0 Å². The average molecular weight is 335 g/mol. The van der Waals surface area contributed by atoms with Gasteiger partial charge in [-0.25, -0.2) is 8.78 Å². The first-order chi connectivity index (χ1) is 8.95. The fourth-order valence-corrected chi connectivity index (χ4v) is 1.82. The van der Waals surface area contributed by atoms with E-state index in [9.17, 15) is 13.6 Å². The van der Waals surface area contributed by atoms with Crippen LogP contribution in [0.25, 0.3) is 0 Å². The lowest BCUT2D eigenvalue weighted by molar-refractivity contribution is -0.121. The van der Waals surface area contributed by atoms with Crippen LogP contribution in [0.5, 0.6) is 0 Å². The molecule has 6 heteroatoms. The summed E-state index contributed by atoms with van der Waals surface area (Å²) < 4.78 is 26.7. The van der Waals surface area contributed by atoms with Gasteiger partial charge in [0.15, 0.2) is 0 Å². The fourth-order valence-electron chi connectivity index (χ4n) is 1.47. The molecule has 1 unspecified atom stereocenters. The van der Waals surface area contributed by atoms with Gasteiger partial charge in [-0.3, -0.25) is 4.79 Å². The van der Waals surface area contributed by atoms with Crippen molar-refractivity contribution in [2.45, 2.75) is 32.7 Å². The average Bonchev–Trinajstić information content (AvgIpc) is 2.36. The maximum Gasteiger partial charge on any atom is 0.242 e. The molecule has 0 aliphatic heterocycles. The summed E-state index contributed by atoms with van der Waals surface area (Å²) in [7, 11) is 0. The number of halogens is 3. The van der Waals surface area contributed by atoms with Crippen LogP contribution in [0.4, 0.5) is 14.5 Å². The number of carbonyl (C=O) groups is 1. The molecule has 1 aromatic carbocycles. The largest absolute Gasteiger partial charge is 0.371 e. The summed E-state index contributed by atoms with van der Waals surface area (Å²) in [6, 6.07) is 1.46. The summed E-state index contributed by atoms with van der Waals surface area (Å²) in [5.74, 6) is -1.62. The molecule has 0 saturated carbocycles. The lowest BCUT2D eigenvalue weighted by atomic mass is 10.2. The second-order valence-electron chi connectivity index (χ2n) is 4.26. The molecule has 1 atom stereocenters. The zero-order valence-corrected chi connectivity index (χ0v) is 12.5. The number of rotatable bonds is 6. The fraction of sp³-hybridized carbons (Fsp3) is 0.462. The van der Waals surface area contributed by atoms with Crippen molar-refractivity contribution in [2.24, 2.45) is 0 Å². The molecule has 1 aromatic rings. The van der Waals surface area contributed by atoms with E-state index in [0.717, 1.165) is 18.9 Å². The summed E-state index contributed by atoms with van der Waals surface area (Å²) in [4.78, 5) is 11.7. The first kappa shape index (κ1) is 15.9. The molecule has 0 heterocycles. The second kappa shape index (κ2) is 7.43. The Labute approximate surface area is 119 Å². The van der Waals surface area contributed by atoms with Crippen molar-refractivity contribution in [3.8, 4) is 0 Å². The molecule has 0 aliphatic carbocycles. The molecular weight excluding hydrogens is 318 g/mol. The van der Waals surface area contributed by atoms with Crippen molar-refractivity contribution in [3.05, 3.63) is 28.2 Å². The van der Waals surface area contributed by atoms with Crippen molar-refractivity contribution in [1.82, 2.24) is 5.32 Å². The molecule has 0 bridgehead atoms. The molecule has 3 nitrogen and oxygen atoms in total. The summed E-state index contributed by atoms with van der Waals surface area (Å²) in [5, 5.41) is 5.46. The van der Waals surface area contributed by atoms with Gasteiger partial charge in [-0.15, -0.1) is 0 Å². The molecule has 0 aromatic heterocycles. The second-order valence-corrected chi connectivity index (χ2v) is 5.11. The van der Waals surface area contributed by atoms with Gasteiger partial charge in [-0.2, -0.15) is 0 Å². The molecule has 0 radical (unpaired) electrons. The lowest BCUT2D eigenvalue weighted by Crippen LogP contribution is -2.38. The molecule has 19 heavy (non-hydrogen) atoms. The van der Waals surface area contributed by atoms with Crippen molar-refractivity contribution < 1.29 is 13.6 Å². The van der Waals surface area contributed by atoms with Crippen LogP contribution in [0.2, 0.25) is 0 Å². The molecule has 106 valence electrons. The number of nitrogens with one attached hydrogen (secondary N) is 2. The quantitative estimate of drug-likeness (QED) is 0.618. The van der Waals surface area contributed by atoms with E-state index in [-0.39, 0.29) is 16.1 Å². The Balaban J connectivity index is 2.63. The van der Waals surface area contributed by atoms with Crippen LogP contribution < -0.4 is 10.6 Å². The predicted octanol–water partition coefficient (Wildman–Crippen LogP) is 3.44. The third-order valence-electron chi connectivity index (χ3n) is 2.60. The predicted molar refractivity (Wildman–Crippen MR) is 75.1 cm³/mol. The van der Waals surface area contributed by atoms with Crippen LogP contribution in [0, 0.1) is 11.6 Å². The SMILES string of the molecule is CCCCNC(=O)C(C)Nc1cc(Br)c(F)cc1F. The highest BCUT2D eigenvalue weighted by molar-refractivity contribution is 9.10. The molecule has 0 aliphatic rings. The van der Waals surface area contributed by atoms with Crippen molar-refractivity contribution in [1.29, 1.82) is 0 Å². The minimum absolute atomic E-state index is 0.0893. The van der Waals surface area contributed by atoms with Gasteiger partial charge in [0.1, 0.15) is 17.7 Å². The smallest absolute Gasteiger partial charge is 0.242 e. The molecule has 1 rings (SSSR count). The van der Waals surface area contributed by atoms with Gasteiger partial charge in [0, 0.05) is 12.6 Å². The van der Waals surface area contributed by atoms with E-state index in [0.29, 0.717) is 6.54 Å². The Hall–Kier alpha value is -1.17. The van der Waals surface area contributed by atoms with Crippen molar-refractivity contribution >= 4 is 27.5 Å². The molecule has 0 fully saturated rings. The third-order valence-corrected chi connectivity index (χ3v) is 3.21. The van der Waals surface area contributed by atoms with Crippen LogP contribution in [0.3, 0.4) is 0 Å². The number of hydrogen-bond acceptors (Lipinski definition) is 2. The maximum absolute atomic E-state index is 13.5. The van der Waals surface area contributed by atoms with Crippen LogP contribution in [-0.4, -0.2) is 18.5 Å². The van der Waals surface area contributed by atoms with Gasteiger partial charge < -0.3 is 10.6 Å². The lowest BCUT2D eigenvalue weighted by Gasteiger charge is -2.16. The Kier molecular flexibility index (Phi) is 6.21. The Bertz CT molecular complexity index is 455. The highest BCUT2D eigenvalue weighted by Crippen LogP contribution is 2.24. The van der Waals surface area contributed by atoms with Gasteiger partial charge in [-0.1, -0.05) is 13.3 Å². The van der Waals surface area contributed by atoms with E-state index in [1.165, 1.54) is 6.07 Å². The number of unbranched alkanes of at least 4 members (excludes halogenated alkanes) is 1. The van der Waals surface area contributed by atoms with Crippen molar-refractivity contribution in [2.75, 3.05) is 11.9 Å². The molecule has 2 N–H and O–H groups in total. The maximum atomic E-state index is 13.5. The van der Waals surface area contributed by atoms with Gasteiger partial charge >= 0.3 is 0 Å². The van der Waals surface area contributed by atoms with Gasteiger partial charge in [0.25, 0.3) is 0 Å². The van der Waals surface area contributed by atoms with Gasteiger partial charge in [0.2, 0.25) is 5.91 Å². The minimum Gasteiger partial charge on any atom is -0.371 e. The van der Waals surface area contributed by atoms with Crippen LogP contribution in [-0.2, 0) is 4.79 Å². The zero-order chi connectivity index (χ0) is 14.4. The molecular formula is C13H17BrF2N2O. The standard InChI is InChI=1S/C13H17BrF2N2O/c1-3-4-5-17-13(19)8(2)18-12-6-9(14)10(15)7-11(12)16/h6-8,18H,3-5H2,1-2H3,(H,17,19). The normalized spacial score (nSPS) is 12.1. The van der Waals surface area contributed by atoms with Crippen LogP contribution in [0.1, 0.15) is 26.7 Å². The summed E-state index contributed by atoms with van der Waals surface area (Å²) in [6.07, 6.45) is 1.89. The number of hydrogen-bond donors (Lipinski definition) is 2. The molecule has 1 amide bonds. The highest BCUT2D eigenvalue weighted by Gasteiger charge is 2.15. The van der Waals surface area contributed by atoms with Crippen LogP contribution in [0.15, 0.2) is 16.6 Å². The van der Waals surface area contributed by atoms with E-state index in [4.69, 9.17) is 0 Å². The minimum atomic E-state index is -0.728. The zero-order valence-electron chi connectivity index (χ0n) is 10.9. The monoisotopic (exact) mass is 334 g/mol. The topological polar surface area (TPSA) is 41.1 Å².